The largest absolute Gasteiger partial charge is 0.297 e. The van der Waals surface area contributed by atoms with Gasteiger partial charge in [0.25, 0.3) is 10.0 Å². The summed E-state index contributed by atoms with van der Waals surface area (Å²) in [5.41, 5.74) is 0.275. The van der Waals surface area contributed by atoms with Crippen molar-refractivity contribution in [1.82, 2.24) is 4.90 Å². The lowest BCUT2D eigenvalue weighted by Crippen LogP contribution is -2.51. The molecule has 1 saturated heterocycles. The van der Waals surface area contributed by atoms with E-state index in [-0.39, 0.29) is 27.4 Å². The summed E-state index contributed by atoms with van der Waals surface area (Å²) in [6.45, 7) is 2.85. The molecule has 2 atom stereocenters. The molecule has 0 N–H and O–H groups in total. The smallest absolute Gasteiger partial charge is 0.264 e. The van der Waals surface area contributed by atoms with E-state index in [4.69, 9.17) is 34.8 Å². The molecule has 11 heteroatoms. The van der Waals surface area contributed by atoms with Crippen molar-refractivity contribution in [2.75, 3.05) is 29.4 Å². The first-order chi connectivity index (χ1) is 14.9. The van der Waals surface area contributed by atoms with Gasteiger partial charge in [-0.05, 0) is 68.8 Å². The minimum atomic E-state index is -4.03. The van der Waals surface area contributed by atoms with Crippen LogP contribution in [0.4, 0.5) is 5.69 Å². The molecule has 0 spiro atoms. The Kier molecular flexibility index (Phi) is 8.06. The highest BCUT2D eigenvalue weighted by Crippen LogP contribution is 2.37. The van der Waals surface area contributed by atoms with Crippen molar-refractivity contribution in [3.05, 3.63) is 57.5 Å². The van der Waals surface area contributed by atoms with Crippen LogP contribution in [0.15, 0.2) is 47.4 Å². The van der Waals surface area contributed by atoms with Crippen LogP contribution in [0.3, 0.4) is 0 Å². The molecule has 2 aromatic rings. The van der Waals surface area contributed by atoms with E-state index >= 15 is 0 Å². The van der Waals surface area contributed by atoms with E-state index in [1.54, 1.807) is 12.1 Å². The Morgan fingerprint density at radius 3 is 2.28 bits per heavy atom. The van der Waals surface area contributed by atoms with E-state index in [9.17, 15) is 16.8 Å². The molecule has 0 aliphatic carbocycles. The average molecular weight is 540 g/mol. The highest BCUT2D eigenvalue weighted by molar-refractivity contribution is 7.93. The number of hydrogen-bond acceptors (Lipinski definition) is 5. The van der Waals surface area contributed by atoms with Crippen molar-refractivity contribution in [2.24, 2.45) is 0 Å². The summed E-state index contributed by atoms with van der Waals surface area (Å²) in [5.74, 6) is 0.0120. The van der Waals surface area contributed by atoms with Crippen LogP contribution in [0.5, 0.6) is 0 Å². The second-order valence-electron chi connectivity index (χ2n) is 7.97. The maximum atomic E-state index is 13.8. The number of sulfonamides is 1. The minimum Gasteiger partial charge on any atom is -0.297 e. The number of sulfone groups is 1. The Morgan fingerprint density at radius 2 is 1.66 bits per heavy atom. The van der Waals surface area contributed by atoms with E-state index in [0.29, 0.717) is 23.1 Å². The highest BCUT2D eigenvalue weighted by Gasteiger charge is 2.39. The maximum absolute atomic E-state index is 13.8. The van der Waals surface area contributed by atoms with Crippen molar-refractivity contribution in [3.8, 4) is 0 Å². The van der Waals surface area contributed by atoms with E-state index in [2.05, 4.69) is 0 Å². The fourth-order valence-electron chi connectivity index (χ4n) is 4.06. The number of rotatable bonds is 8. The molecule has 1 aliphatic heterocycles. The molecule has 2 aromatic carbocycles. The molecule has 1 heterocycles. The fourth-order valence-corrected chi connectivity index (χ4v) is 6.87. The van der Waals surface area contributed by atoms with Crippen LogP contribution < -0.4 is 4.31 Å². The van der Waals surface area contributed by atoms with Crippen LogP contribution in [0.1, 0.15) is 19.8 Å². The van der Waals surface area contributed by atoms with Gasteiger partial charge in [0.1, 0.15) is 9.84 Å². The monoisotopic (exact) mass is 538 g/mol. The standard InChI is InChI=1S/C21H25Cl3N2O4S2/c1-15(20-4-3-11-25(20)12-13-31(2,27)28)26(21-14-17(23)7-10-19(21)24)32(29,30)18-8-5-16(22)6-9-18/h5-10,14-15,20H,3-4,11-13H2,1-2H3/t15-,20?/m0/s1. The summed E-state index contributed by atoms with van der Waals surface area (Å²) in [5, 5.41) is 1.03. The summed E-state index contributed by atoms with van der Waals surface area (Å²) in [4.78, 5) is 2.11. The average Bonchev–Trinajstić information content (AvgIpc) is 3.17. The molecule has 0 aromatic heterocycles. The number of likely N-dealkylation sites (tertiary alicyclic amines) is 1. The molecular formula is C21H25Cl3N2O4S2. The van der Waals surface area contributed by atoms with Crippen LogP contribution in [0.25, 0.3) is 0 Å². The fraction of sp³-hybridized carbons (Fsp3) is 0.429. The van der Waals surface area contributed by atoms with E-state index in [1.165, 1.54) is 40.9 Å². The lowest BCUT2D eigenvalue weighted by atomic mass is 10.1. The molecule has 0 amide bonds. The number of hydrogen-bond donors (Lipinski definition) is 0. The lowest BCUT2D eigenvalue weighted by molar-refractivity contribution is 0.244. The normalized spacial score (nSPS) is 18.6. The zero-order valence-corrected chi connectivity index (χ0v) is 21.6. The van der Waals surface area contributed by atoms with Gasteiger partial charge in [0.2, 0.25) is 0 Å². The molecule has 176 valence electrons. The molecular weight excluding hydrogens is 515 g/mol. The SMILES string of the molecule is C[C@@H](C1CCCN1CCS(C)(=O)=O)N(c1cc(Cl)ccc1Cl)S(=O)(=O)c1ccc(Cl)cc1. The minimum absolute atomic E-state index is 0.0120. The van der Waals surface area contributed by atoms with Crippen LogP contribution in [-0.2, 0) is 19.9 Å². The summed E-state index contributed by atoms with van der Waals surface area (Å²) in [6.07, 6.45) is 2.77. The van der Waals surface area contributed by atoms with Crippen molar-refractivity contribution in [2.45, 2.75) is 36.7 Å². The van der Waals surface area contributed by atoms with Crippen LogP contribution in [0.2, 0.25) is 15.1 Å². The van der Waals surface area contributed by atoms with Gasteiger partial charge in [0, 0.05) is 28.9 Å². The lowest BCUT2D eigenvalue weighted by Gasteiger charge is -2.38. The molecule has 1 aliphatic rings. The van der Waals surface area contributed by atoms with Gasteiger partial charge in [-0.3, -0.25) is 9.21 Å². The second kappa shape index (κ2) is 10.1. The molecule has 0 bridgehead atoms. The Labute approximate surface area is 205 Å². The Bertz CT molecular complexity index is 1170. The first-order valence-electron chi connectivity index (χ1n) is 10.1. The summed E-state index contributed by atoms with van der Waals surface area (Å²) in [6, 6.07) is 9.91. The molecule has 6 nitrogen and oxygen atoms in total. The second-order valence-corrected chi connectivity index (χ2v) is 13.3. The number of nitrogens with zero attached hydrogens (tertiary/aromatic N) is 2. The summed E-state index contributed by atoms with van der Waals surface area (Å²) in [7, 11) is -7.17. The molecule has 1 fully saturated rings. The van der Waals surface area contributed by atoms with Gasteiger partial charge in [-0.25, -0.2) is 16.8 Å². The zero-order valence-electron chi connectivity index (χ0n) is 17.7. The summed E-state index contributed by atoms with van der Waals surface area (Å²) < 4.78 is 52.3. The Morgan fingerprint density at radius 1 is 1.03 bits per heavy atom. The third-order valence-electron chi connectivity index (χ3n) is 5.61. The van der Waals surface area contributed by atoms with Crippen LogP contribution in [0, 0.1) is 0 Å². The highest BCUT2D eigenvalue weighted by atomic mass is 35.5. The third-order valence-corrected chi connectivity index (χ3v) is 9.25. The molecule has 32 heavy (non-hydrogen) atoms. The van der Waals surface area contributed by atoms with E-state index < -0.39 is 25.9 Å². The van der Waals surface area contributed by atoms with Gasteiger partial charge in [-0.2, -0.15) is 0 Å². The third kappa shape index (κ3) is 5.90. The van der Waals surface area contributed by atoms with Crippen LogP contribution in [-0.4, -0.2) is 58.9 Å². The summed E-state index contributed by atoms with van der Waals surface area (Å²) >= 11 is 18.6. The van der Waals surface area contributed by atoms with Gasteiger partial charge >= 0.3 is 0 Å². The van der Waals surface area contributed by atoms with Gasteiger partial charge < -0.3 is 0 Å². The van der Waals surface area contributed by atoms with E-state index in [1.807, 2.05) is 11.8 Å². The quantitative estimate of drug-likeness (QED) is 0.484. The topological polar surface area (TPSA) is 74.8 Å². The zero-order chi connectivity index (χ0) is 23.7. The van der Waals surface area contributed by atoms with Gasteiger partial charge in [0.15, 0.2) is 0 Å². The van der Waals surface area contributed by atoms with Crippen molar-refractivity contribution in [1.29, 1.82) is 0 Å². The number of benzene rings is 2. The molecule has 1 unspecified atom stereocenters. The maximum Gasteiger partial charge on any atom is 0.264 e. The van der Waals surface area contributed by atoms with Gasteiger partial charge in [-0.15, -0.1) is 0 Å². The number of anilines is 1. The van der Waals surface area contributed by atoms with Crippen LogP contribution >= 0.6 is 34.8 Å². The number of halogens is 3. The molecule has 0 radical (unpaired) electrons. The van der Waals surface area contributed by atoms with E-state index in [0.717, 1.165) is 12.8 Å². The molecule has 0 saturated carbocycles. The molecule has 3 rings (SSSR count). The van der Waals surface area contributed by atoms with Gasteiger partial charge in [0.05, 0.1) is 27.4 Å². The Balaban J connectivity index is 2.06. The van der Waals surface area contributed by atoms with Gasteiger partial charge in [-0.1, -0.05) is 34.8 Å². The van der Waals surface area contributed by atoms with Crippen molar-refractivity contribution < 1.29 is 16.8 Å². The predicted octanol–water partition coefficient (Wildman–Crippen LogP) is 4.74. The van der Waals surface area contributed by atoms with Crippen molar-refractivity contribution in [3.63, 3.8) is 0 Å². The first-order valence-corrected chi connectivity index (χ1v) is 14.7. The first kappa shape index (κ1) is 25.6. The Hall–Kier alpha value is -1.03. The predicted molar refractivity (Wildman–Crippen MR) is 131 cm³/mol. The van der Waals surface area contributed by atoms with Crippen molar-refractivity contribution >= 4 is 60.4 Å².